The van der Waals surface area contributed by atoms with Crippen LogP contribution in [0.1, 0.15) is 18.4 Å². The topological polar surface area (TPSA) is 24.5 Å². The summed E-state index contributed by atoms with van der Waals surface area (Å²) in [6.07, 6.45) is 2.49. The first kappa shape index (κ1) is 12.4. The Kier molecular flexibility index (Phi) is 4.83. The van der Waals surface area contributed by atoms with Gasteiger partial charge >= 0.3 is 0 Å². The smallest absolute Gasteiger partial charge is 0.118 e. The third-order valence-corrected chi connectivity index (χ3v) is 3.22. The van der Waals surface area contributed by atoms with Crippen LogP contribution in [0.15, 0.2) is 24.3 Å². The standard InChI is InChI=1S/C14H22N2O/c1-17-14-6-4-13(5-7-14)12-16-10-2-8-15-9-3-11-16/h4-7,15H,2-3,8-12H2,1H3. The summed E-state index contributed by atoms with van der Waals surface area (Å²) >= 11 is 0. The molecule has 1 aromatic carbocycles. The lowest BCUT2D eigenvalue weighted by atomic mass is 10.2. The summed E-state index contributed by atoms with van der Waals surface area (Å²) in [5.74, 6) is 0.936. The number of methoxy groups -OCH3 is 1. The zero-order valence-corrected chi connectivity index (χ0v) is 10.6. The van der Waals surface area contributed by atoms with E-state index in [2.05, 4.69) is 22.3 Å². The largest absolute Gasteiger partial charge is 0.497 e. The maximum Gasteiger partial charge on any atom is 0.118 e. The van der Waals surface area contributed by atoms with Crippen molar-refractivity contribution in [2.24, 2.45) is 0 Å². The highest BCUT2D eigenvalue weighted by Crippen LogP contribution is 2.13. The van der Waals surface area contributed by atoms with E-state index in [0.717, 1.165) is 25.4 Å². The second-order valence-electron chi connectivity index (χ2n) is 4.58. The zero-order valence-electron chi connectivity index (χ0n) is 10.6. The number of nitrogens with zero attached hydrogens (tertiary/aromatic N) is 1. The van der Waals surface area contributed by atoms with E-state index in [1.54, 1.807) is 7.11 Å². The Morgan fingerprint density at radius 1 is 1.12 bits per heavy atom. The van der Waals surface area contributed by atoms with Gasteiger partial charge in [0.25, 0.3) is 0 Å². The van der Waals surface area contributed by atoms with Gasteiger partial charge in [-0.3, -0.25) is 4.90 Å². The summed E-state index contributed by atoms with van der Waals surface area (Å²) < 4.78 is 5.17. The molecule has 1 fully saturated rings. The van der Waals surface area contributed by atoms with E-state index in [1.165, 1.54) is 31.5 Å². The zero-order chi connectivity index (χ0) is 11.9. The lowest BCUT2D eigenvalue weighted by Crippen LogP contribution is -2.33. The molecule has 0 saturated carbocycles. The highest BCUT2D eigenvalue weighted by atomic mass is 16.5. The minimum atomic E-state index is 0.936. The summed E-state index contributed by atoms with van der Waals surface area (Å²) in [5, 5.41) is 3.44. The monoisotopic (exact) mass is 234 g/mol. The number of hydrogen-bond donors (Lipinski definition) is 1. The van der Waals surface area contributed by atoms with Gasteiger partial charge in [-0.15, -0.1) is 0 Å². The molecule has 0 atom stereocenters. The van der Waals surface area contributed by atoms with Crippen LogP contribution in [0.5, 0.6) is 5.75 Å². The van der Waals surface area contributed by atoms with Crippen molar-refractivity contribution >= 4 is 0 Å². The molecular weight excluding hydrogens is 212 g/mol. The molecule has 94 valence electrons. The summed E-state index contributed by atoms with van der Waals surface area (Å²) in [4.78, 5) is 2.54. The molecule has 0 aliphatic carbocycles. The lowest BCUT2D eigenvalue weighted by Gasteiger charge is -2.24. The van der Waals surface area contributed by atoms with Crippen LogP contribution >= 0.6 is 0 Å². The molecule has 2 rings (SSSR count). The third-order valence-electron chi connectivity index (χ3n) is 3.22. The van der Waals surface area contributed by atoms with Crippen molar-refractivity contribution in [3.05, 3.63) is 29.8 Å². The van der Waals surface area contributed by atoms with Crippen molar-refractivity contribution in [2.45, 2.75) is 19.4 Å². The van der Waals surface area contributed by atoms with Crippen LogP contribution in [0, 0.1) is 0 Å². The maximum absolute atomic E-state index is 5.17. The van der Waals surface area contributed by atoms with Gasteiger partial charge in [0.1, 0.15) is 5.75 Å². The molecule has 0 aromatic heterocycles. The van der Waals surface area contributed by atoms with Crippen LogP contribution in [0.3, 0.4) is 0 Å². The first-order valence-electron chi connectivity index (χ1n) is 6.44. The van der Waals surface area contributed by atoms with Gasteiger partial charge in [-0.25, -0.2) is 0 Å². The molecule has 1 aliphatic rings. The van der Waals surface area contributed by atoms with Gasteiger partial charge in [-0.05, 0) is 56.7 Å². The molecule has 1 aliphatic heterocycles. The highest BCUT2D eigenvalue weighted by molar-refractivity contribution is 5.27. The minimum absolute atomic E-state index is 0.936. The molecule has 0 spiro atoms. The third kappa shape index (κ3) is 4.02. The minimum Gasteiger partial charge on any atom is -0.497 e. The van der Waals surface area contributed by atoms with E-state index in [4.69, 9.17) is 4.74 Å². The van der Waals surface area contributed by atoms with Crippen molar-refractivity contribution in [3.8, 4) is 5.75 Å². The Balaban J connectivity index is 1.88. The summed E-state index contributed by atoms with van der Waals surface area (Å²) in [7, 11) is 1.71. The molecule has 0 unspecified atom stereocenters. The van der Waals surface area contributed by atoms with Gasteiger partial charge in [-0.2, -0.15) is 0 Å². The second-order valence-corrected chi connectivity index (χ2v) is 4.58. The van der Waals surface area contributed by atoms with Crippen molar-refractivity contribution in [1.82, 2.24) is 10.2 Å². The molecule has 1 heterocycles. The quantitative estimate of drug-likeness (QED) is 0.864. The average Bonchev–Trinajstić information content (AvgIpc) is 2.33. The predicted molar refractivity (Wildman–Crippen MR) is 70.4 cm³/mol. The summed E-state index contributed by atoms with van der Waals surface area (Å²) in [6.45, 7) is 5.75. The first-order valence-corrected chi connectivity index (χ1v) is 6.44. The van der Waals surface area contributed by atoms with E-state index in [9.17, 15) is 0 Å². The molecule has 0 bridgehead atoms. The Morgan fingerprint density at radius 3 is 2.35 bits per heavy atom. The summed E-state index contributed by atoms with van der Waals surface area (Å²) in [6, 6.07) is 8.41. The molecule has 17 heavy (non-hydrogen) atoms. The number of hydrogen-bond acceptors (Lipinski definition) is 3. The van der Waals surface area contributed by atoms with Crippen molar-refractivity contribution in [1.29, 1.82) is 0 Å². The molecule has 1 N–H and O–H groups in total. The molecule has 1 saturated heterocycles. The Bertz CT molecular complexity index is 315. The number of rotatable bonds is 3. The van der Waals surface area contributed by atoms with E-state index in [0.29, 0.717) is 0 Å². The Labute approximate surface area is 104 Å². The fourth-order valence-corrected chi connectivity index (χ4v) is 2.24. The van der Waals surface area contributed by atoms with Crippen LogP contribution in [-0.4, -0.2) is 38.2 Å². The fourth-order valence-electron chi connectivity index (χ4n) is 2.24. The normalized spacial score (nSPS) is 18.4. The van der Waals surface area contributed by atoms with E-state index >= 15 is 0 Å². The fraction of sp³-hybridized carbons (Fsp3) is 0.571. The van der Waals surface area contributed by atoms with Crippen molar-refractivity contribution < 1.29 is 4.74 Å². The molecule has 1 aromatic rings. The van der Waals surface area contributed by atoms with Crippen molar-refractivity contribution in [3.63, 3.8) is 0 Å². The second kappa shape index (κ2) is 6.62. The average molecular weight is 234 g/mol. The first-order chi connectivity index (χ1) is 8.38. The number of nitrogens with one attached hydrogen (secondary N) is 1. The van der Waals surface area contributed by atoms with Gasteiger partial charge in [0.15, 0.2) is 0 Å². The predicted octanol–water partition coefficient (Wildman–Crippen LogP) is 1.88. The van der Waals surface area contributed by atoms with Crippen LogP contribution in [0.4, 0.5) is 0 Å². The molecule has 0 radical (unpaired) electrons. The van der Waals surface area contributed by atoms with E-state index in [-0.39, 0.29) is 0 Å². The molecule has 3 nitrogen and oxygen atoms in total. The van der Waals surface area contributed by atoms with Crippen LogP contribution in [0.2, 0.25) is 0 Å². The number of ether oxygens (including phenoxy) is 1. The van der Waals surface area contributed by atoms with Gasteiger partial charge in [0, 0.05) is 6.54 Å². The van der Waals surface area contributed by atoms with Gasteiger partial charge in [-0.1, -0.05) is 12.1 Å². The van der Waals surface area contributed by atoms with E-state index in [1.807, 2.05) is 12.1 Å². The Morgan fingerprint density at radius 2 is 1.76 bits per heavy atom. The van der Waals surface area contributed by atoms with Gasteiger partial charge in [0.05, 0.1) is 7.11 Å². The SMILES string of the molecule is COc1ccc(CN2CCCNCCC2)cc1. The van der Waals surface area contributed by atoms with E-state index < -0.39 is 0 Å². The molecule has 3 heteroatoms. The van der Waals surface area contributed by atoms with Crippen LogP contribution < -0.4 is 10.1 Å². The lowest BCUT2D eigenvalue weighted by molar-refractivity contribution is 0.244. The van der Waals surface area contributed by atoms with Crippen LogP contribution in [-0.2, 0) is 6.54 Å². The maximum atomic E-state index is 5.17. The van der Waals surface area contributed by atoms with Crippen molar-refractivity contribution in [2.75, 3.05) is 33.3 Å². The Hall–Kier alpha value is -1.06. The summed E-state index contributed by atoms with van der Waals surface area (Å²) in [5.41, 5.74) is 1.37. The highest BCUT2D eigenvalue weighted by Gasteiger charge is 2.08. The molecule has 0 amide bonds. The number of benzene rings is 1. The van der Waals surface area contributed by atoms with Crippen LogP contribution in [0.25, 0.3) is 0 Å². The van der Waals surface area contributed by atoms with Gasteiger partial charge < -0.3 is 10.1 Å². The van der Waals surface area contributed by atoms with Gasteiger partial charge in [0.2, 0.25) is 0 Å². The molecular formula is C14H22N2O.